The zero-order chi connectivity index (χ0) is 17.9. The van der Waals surface area contributed by atoms with Gasteiger partial charge in [-0.05, 0) is 25.0 Å². The fourth-order valence-corrected chi connectivity index (χ4v) is 2.70. The van der Waals surface area contributed by atoms with E-state index in [9.17, 15) is 4.79 Å². The van der Waals surface area contributed by atoms with Crippen molar-refractivity contribution in [1.29, 1.82) is 0 Å². The second-order valence-electron chi connectivity index (χ2n) is 5.90. The largest absolute Gasteiger partial charge is 0.394 e. The standard InChI is InChI=1S/C15H18N4O.C3H8O2.H2/c20-15(18-13-4-2-1-3-5-13)12-6-7-17-14(10-12)19-9-8-16-11-19;1-5-3-2-4;/h6-11,13H,1-5H2,(H,18,20);4H,2-3H2,1H3;1H. The number of methoxy groups -OCH3 is 1. The summed E-state index contributed by atoms with van der Waals surface area (Å²) in [6.07, 6.45) is 12.7. The molecule has 2 heterocycles. The molecule has 0 unspecified atom stereocenters. The Bertz CT molecular complexity index is 629. The Labute approximate surface area is 149 Å². The number of aliphatic hydroxyl groups excluding tert-OH is 1. The van der Waals surface area contributed by atoms with Crippen LogP contribution in [0.5, 0.6) is 0 Å². The quantitative estimate of drug-likeness (QED) is 0.865. The molecule has 25 heavy (non-hydrogen) atoms. The molecule has 1 amide bonds. The van der Waals surface area contributed by atoms with Crippen molar-refractivity contribution >= 4 is 5.91 Å². The molecule has 0 atom stereocenters. The van der Waals surface area contributed by atoms with Crippen LogP contribution in [0.4, 0.5) is 0 Å². The molecule has 0 saturated heterocycles. The van der Waals surface area contributed by atoms with Gasteiger partial charge in [-0.15, -0.1) is 0 Å². The van der Waals surface area contributed by atoms with Crippen LogP contribution in [-0.4, -0.2) is 51.9 Å². The summed E-state index contributed by atoms with van der Waals surface area (Å²) in [6, 6.07) is 3.86. The second kappa shape index (κ2) is 10.6. The molecule has 1 fully saturated rings. The highest BCUT2D eigenvalue weighted by atomic mass is 16.5. The highest BCUT2D eigenvalue weighted by molar-refractivity contribution is 5.94. The minimum Gasteiger partial charge on any atom is -0.394 e. The van der Waals surface area contributed by atoms with E-state index in [1.165, 1.54) is 19.3 Å². The van der Waals surface area contributed by atoms with E-state index < -0.39 is 0 Å². The van der Waals surface area contributed by atoms with Gasteiger partial charge in [0.1, 0.15) is 12.1 Å². The molecule has 2 aromatic heterocycles. The second-order valence-corrected chi connectivity index (χ2v) is 5.90. The molecule has 7 nitrogen and oxygen atoms in total. The zero-order valence-electron chi connectivity index (χ0n) is 14.6. The number of aromatic nitrogens is 3. The first-order valence-corrected chi connectivity index (χ1v) is 8.59. The van der Waals surface area contributed by atoms with E-state index in [4.69, 9.17) is 5.11 Å². The van der Waals surface area contributed by atoms with Gasteiger partial charge in [-0.2, -0.15) is 0 Å². The highest BCUT2D eigenvalue weighted by Gasteiger charge is 2.17. The van der Waals surface area contributed by atoms with Crippen LogP contribution in [0.2, 0.25) is 0 Å². The minimum absolute atomic E-state index is 0. The zero-order valence-corrected chi connectivity index (χ0v) is 14.6. The fraction of sp³-hybridized carbons (Fsp3) is 0.500. The monoisotopic (exact) mass is 348 g/mol. The lowest BCUT2D eigenvalue weighted by atomic mass is 9.95. The normalized spacial score (nSPS) is 14.5. The van der Waals surface area contributed by atoms with Crippen molar-refractivity contribution in [3.63, 3.8) is 0 Å². The molecule has 0 aliphatic heterocycles. The van der Waals surface area contributed by atoms with Gasteiger partial charge in [0.2, 0.25) is 0 Å². The van der Waals surface area contributed by atoms with Crippen LogP contribution in [0.25, 0.3) is 5.82 Å². The number of amides is 1. The maximum absolute atomic E-state index is 12.3. The third-order valence-corrected chi connectivity index (χ3v) is 4.01. The number of rotatable bonds is 5. The van der Waals surface area contributed by atoms with E-state index >= 15 is 0 Å². The number of nitrogens with zero attached hydrogens (tertiary/aromatic N) is 3. The predicted octanol–water partition coefficient (Wildman–Crippen LogP) is 2.20. The lowest BCUT2D eigenvalue weighted by Gasteiger charge is -2.22. The first-order valence-electron chi connectivity index (χ1n) is 8.59. The molecule has 2 N–H and O–H groups in total. The minimum atomic E-state index is -0.0133. The summed E-state index contributed by atoms with van der Waals surface area (Å²) in [4.78, 5) is 20.5. The van der Waals surface area contributed by atoms with Crippen molar-refractivity contribution in [3.8, 4) is 5.82 Å². The van der Waals surface area contributed by atoms with Crippen LogP contribution in [0.15, 0.2) is 37.1 Å². The highest BCUT2D eigenvalue weighted by Crippen LogP contribution is 2.18. The Morgan fingerprint density at radius 1 is 1.40 bits per heavy atom. The number of hydrogen-bond donors (Lipinski definition) is 2. The lowest BCUT2D eigenvalue weighted by Crippen LogP contribution is -2.36. The molecule has 3 rings (SSSR count). The van der Waals surface area contributed by atoms with Gasteiger partial charge in [-0.3, -0.25) is 9.36 Å². The van der Waals surface area contributed by atoms with Gasteiger partial charge >= 0.3 is 0 Å². The maximum Gasteiger partial charge on any atom is 0.251 e. The molecule has 0 spiro atoms. The molecular formula is C18H28N4O3. The molecule has 1 saturated carbocycles. The topological polar surface area (TPSA) is 89.3 Å². The van der Waals surface area contributed by atoms with Crippen LogP contribution in [-0.2, 0) is 4.74 Å². The molecule has 0 bridgehead atoms. The summed E-state index contributed by atoms with van der Waals surface area (Å²) >= 11 is 0. The van der Waals surface area contributed by atoms with Gasteiger partial charge in [0.25, 0.3) is 5.91 Å². The maximum atomic E-state index is 12.3. The summed E-state index contributed by atoms with van der Waals surface area (Å²) in [5.41, 5.74) is 0.647. The number of carbonyl (C=O) groups is 1. The van der Waals surface area contributed by atoms with E-state index in [2.05, 4.69) is 20.0 Å². The Balaban J connectivity index is 0.000000501. The average molecular weight is 348 g/mol. The molecule has 0 radical (unpaired) electrons. The van der Waals surface area contributed by atoms with Crippen LogP contribution >= 0.6 is 0 Å². The Morgan fingerprint density at radius 3 is 2.80 bits per heavy atom. The Morgan fingerprint density at radius 2 is 2.20 bits per heavy atom. The summed E-state index contributed by atoms with van der Waals surface area (Å²) in [5.74, 6) is 0.694. The van der Waals surface area contributed by atoms with Crippen molar-refractivity contribution in [1.82, 2.24) is 19.9 Å². The smallest absolute Gasteiger partial charge is 0.251 e. The predicted molar refractivity (Wildman–Crippen MR) is 96.8 cm³/mol. The molecule has 1 aliphatic rings. The first-order chi connectivity index (χ1) is 12.2. The van der Waals surface area contributed by atoms with Crippen LogP contribution < -0.4 is 5.32 Å². The fourth-order valence-electron chi connectivity index (χ4n) is 2.70. The van der Waals surface area contributed by atoms with Gasteiger partial charge < -0.3 is 15.2 Å². The number of hydrogen-bond acceptors (Lipinski definition) is 5. The van der Waals surface area contributed by atoms with Crippen molar-refractivity contribution in [3.05, 3.63) is 42.6 Å². The molecule has 7 heteroatoms. The molecule has 2 aromatic rings. The number of pyridine rings is 1. The number of nitrogens with one attached hydrogen (secondary N) is 1. The molecule has 1 aliphatic carbocycles. The third kappa shape index (κ3) is 6.28. The van der Waals surface area contributed by atoms with Gasteiger partial charge in [0, 0.05) is 38.7 Å². The van der Waals surface area contributed by atoms with Gasteiger partial charge in [-0.1, -0.05) is 19.3 Å². The number of imidazole rings is 1. The SMILES string of the molecule is COCCO.O=C(NC1CCCCC1)c1ccnc(-n2ccnc2)c1.[HH]. The molecular weight excluding hydrogens is 320 g/mol. The first kappa shape index (κ1) is 19.1. The summed E-state index contributed by atoms with van der Waals surface area (Å²) in [6.45, 7) is 0.566. The van der Waals surface area contributed by atoms with Crippen molar-refractivity contribution in [2.24, 2.45) is 0 Å². The lowest BCUT2D eigenvalue weighted by molar-refractivity contribution is 0.0927. The summed E-state index contributed by atoms with van der Waals surface area (Å²) in [7, 11) is 1.55. The van der Waals surface area contributed by atoms with E-state index in [1.54, 1.807) is 42.5 Å². The Kier molecular flexibility index (Phi) is 8.08. The van der Waals surface area contributed by atoms with Crippen LogP contribution in [0.1, 0.15) is 43.9 Å². The van der Waals surface area contributed by atoms with Crippen LogP contribution in [0, 0.1) is 0 Å². The third-order valence-electron chi connectivity index (χ3n) is 4.01. The van der Waals surface area contributed by atoms with Crippen molar-refractivity contribution < 1.29 is 16.1 Å². The van der Waals surface area contributed by atoms with Crippen LogP contribution in [0.3, 0.4) is 0 Å². The Hall–Kier alpha value is -2.25. The number of carbonyl (C=O) groups excluding carboxylic acids is 1. The van der Waals surface area contributed by atoms with Gasteiger partial charge in [0.15, 0.2) is 0 Å². The van der Waals surface area contributed by atoms with E-state index in [0.29, 0.717) is 24.0 Å². The summed E-state index contributed by atoms with van der Waals surface area (Å²) in [5, 5.41) is 11.1. The average Bonchev–Trinajstić information content (AvgIpc) is 3.19. The van der Waals surface area contributed by atoms with E-state index in [1.807, 2.05) is 6.20 Å². The van der Waals surface area contributed by atoms with Crippen molar-refractivity contribution in [2.75, 3.05) is 20.3 Å². The van der Waals surface area contributed by atoms with E-state index in [-0.39, 0.29) is 13.9 Å². The summed E-state index contributed by atoms with van der Waals surface area (Å²) < 4.78 is 6.23. The number of aliphatic hydroxyl groups is 1. The molecule has 0 aromatic carbocycles. The number of ether oxygens (including phenoxy) is 1. The van der Waals surface area contributed by atoms with E-state index in [0.717, 1.165) is 12.8 Å². The molecule has 138 valence electrons. The van der Waals surface area contributed by atoms with Gasteiger partial charge in [0.05, 0.1) is 13.2 Å². The van der Waals surface area contributed by atoms with Gasteiger partial charge in [-0.25, -0.2) is 9.97 Å². The van der Waals surface area contributed by atoms with Crippen molar-refractivity contribution in [2.45, 2.75) is 38.1 Å².